The van der Waals surface area contributed by atoms with E-state index in [1.165, 1.54) is 0 Å². The molecule has 1 heterocycles. The second kappa shape index (κ2) is 5.49. The van der Waals surface area contributed by atoms with Crippen molar-refractivity contribution in [3.63, 3.8) is 0 Å². The molecule has 0 fully saturated rings. The van der Waals surface area contributed by atoms with Crippen LogP contribution in [0.4, 0.5) is 0 Å². The van der Waals surface area contributed by atoms with Gasteiger partial charge in [0.25, 0.3) is 0 Å². The Morgan fingerprint density at radius 1 is 1.53 bits per heavy atom. The molecule has 1 rings (SSSR count). The molecule has 3 nitrogen and oxygen atoms in total. The largest absolute Gasteiger partial charge is 0.337 e. The molecule has 15 heavy (non-hydrogen) atoms. The van der Waals surface area contributed by atoms with E-state index in [0.29, 0.717) is 6.54 Å². The summed E-state index contributed by atoms with van der Waals surface area (Å²) in [5.74, 6) is 0.113. The van der Waals surface area contributed by atoms with E-state index < -0.39 is 0 Å². The zero-order valence-electron chi connectivity index (χ0n) is 9.66. The van der Waals surface area contributed by atoms with Gasteiger partial charge in [-0.05, 0) is 25.0 Å². The van der Waals surface area contributed by atoms with Gasteiger partial charge in [-0.25, -0.2) is 0 Å². The van der Waals surface area contributed by atoms with E-state index in [1.807, 2.05) is 24.0 Å². The summed E-state index contributed by atoms with van der Waals surface area (Å²) in [5, 5.41) is 0. The van der Waals surface area contributed by atoms with Crippen LogP contribution in [-0.4, -0.2) is 22.3 Å². The van der Waals surface area contributed by atoms with Crippen molar-refractivity contribution in [1.82, 2.24) is 9.88 Å². The van der Waals surface area contributed by atoms with Crippen molar-refractivity contribution in [2.75, 3.05) is 6.54 Å². The fraction of sp³-hybridized carbons (Fsp3) is 0.500. The highest BCUT2D eigenvalue weighted by Crippen LogP contribution is 2.07. The Morgan fingerprint density at radius 3 is 2.80 bits per heavy atom. The number of carbonyl (C=O) groups is 1. The number of carbonyl (C=O) groups excluding carboxylic acids is 1. The molecule has 0 N–H and O–H groups in total. The van der Waals surface area contributed by atoms with Gasteiger partial charge < -0.3 is 4.90 Å². The van der Waals surface area contributed by atoms with Gasteiger partial charge in [0.2, 0.25) is 5.91 Å². The summed E-state index contributed by atoms with van der Waals surface area (Å²) in [4.78, 5) is 17.5. The number of nitrogens with zero attached hydrogens (tertiary/aromatic N) is 2. The molecule has 0 radical (unpaired) electrons. The summed E-state index contributed by atoms with van der Waals surface area (Å²) in [7, 11) is 0. The Balaban J connectivity index is 2.74. The van der Waals surface area contributed by atoms with Crippen LogP contribution >= 0.6 is 0 Å². The Morgan fingerprint density at radius 2 is 2.27 bits per heavy atom. The van der Waals surface area contributed by atoms with E-state index >= 15 is 0 Å². The highest BCUT2D eigenvalue weighted by Gasteiger charge is 2.09. The first kappa shape index (κ1) is 11.7. The summed E-state index contributed by atoms with van der Waals surface area (Å²) in [6.45, 7) is 7.11. The lowest BCUT2D eigenvalue weighted by atomic mass is 10.2. The van der Waals surface area contributed by atoms with Crippen LogP contribution in [0.25, 0.3) is 0 Å². The van der Waals surface area contributed by atoms with Gasteiger partial charge in [-0.2, -0.15) is 0 Å². The maximum atomic E-state index is 11.3. The molecule has 82 valence electrons. The first-order valence-corrected chi connectivity index (χ1v) is 5.31. The van der Waals surface area contributed by atoms with Gasteiger partial charge in [-0.3, -0.25) is 9.78 Å². The Labute approximate surface area is 91.1 Å². The van der Waals surface area contributed by atoms with Gasteiger partial charge in [-0.15, -0.1) is 0 Å². The van der Waals surface area contributed by atoms with Crippen LogP contribution in [0.1, 0.15) is 31.5 Å². The first-order chi connectivity index (χ1) is 7.15. The normalized spacial score (nSPS) is 10.1. The summed E-state index contributed by atoms with van der Waals surface area (Å²) in [6.07, 6.45) is 2.75. The molecule has 0 aliphatic heterocycles. The van der Waals surface area contributed by atoms with Gasteiger partial charge >= 0.3 is 0 Å². The molecule has 0 spiro atoms. The van der Waals surface area contributed by atoms with Crippen molar-refractivity contribution >= 4 is 5.91 Å². The van der Waals surface area contributed by atoms with Crippen LogP contribution in [0.3, 0.4) is 0 Å². The number of hydrogen-bond acceptors (Lipinski definition) is 2. The Bertz CT molecular complexity index is 336. The average molecular weight is 206 g/mol. The lowest BCUT2D eigenvalue weighted by Gasteiger charge is -2.20. The standard InChI is InChI=1S/C12H18N2O/c1-4-8-14(11(3)15)9-12-10(2)6-5-7-13-12/h5-7H,4,8-9H2,1-3H3. The predicted molar refractivity (Wildman–Crippen MR) is 60.4 cm³/mol. The van der Waals surface area contributed by atoms with E-state index in [1.54, 1.807) is 13.1 Å². The summed E-state index contributed by atoms with van der Waals surface area (Å²) in [5.41, 5.74) is 2.13. The van der Waals surface area contributed by atoms with Gasteiger partial charge in [-0.1, -0.05) is 13.0 Å². The zero-order valence-corrected chi connectivity index (χ0v) is 9.66. The molecule has 0 unspecified atom stereocenters. The zero-order chi connectivity index (χ0) is 11.3. The van der Waals surface area contributed by atoms with E-state index in [0.717, 1.165) is 24.2 Å². The van der Waals surface area contributed by atoms with Crippen molar-refractivity contribution in [2.24, 2.45) is 0 Å². The van der Waals surface area contributed by atoms with Crippen LogP contribution in [0, 0.1) is 6.92 Å². The molecule has 0 saturated heterocycles. The maximum absolute atomic E-state index is 11.3. The SMILES string of the molecule is CCCN(Cc1ncccc1C)C(C)=O. The molecule has 0 aliphatic carbocycles. The Kier molecular flexibility index (Phi) is 4.28. The monoisotopic (exact) mass is 206 g/mol. The molecule has 3 heteroatoms. The quantitative estimate of drug-likeness (QED) is 0.756. The van der Waals surface area contributed by atoms with Gasteiger partial charge in [0, 0.05) is 19.7 Å². The summed E-state index contributed by atoms with van der Waals surface area (Å²) in [6, 6.07) is 3.93. The number of pyridine rings is 1. The highest BCUT2D eigenvalue weighted by molar-refractivity contribution is 5.73. The second-order valence-electron chi connectivity index (χ2n) is 3.71. The van der Waals surface area contributed by atoms with Crippen LogP contribution in [-0.2, 0) is 11.3 Å². The third kappa shape index (κ3) is 3.35. The number of amides is 1. The number of hydrogen-bond donors (Lipinski definition) is 0. The average Bonchev–Trinajstić information content (AvgIpc) is 2.20. The molecular formula is C12H18N2O. The summed E-state index contributed by atoms with van der Waals surface area (Å²) >= 11 is 0. The molecule has 0 bridgehead atoms. The van der Waals surface area contributed by atoms with Gasteiger partial charge in [0.15, 0.2) is 0 Å². The smallest absolute Gasteiger partial charge is 0.219 e. The fourth-order valence-corrected chi connectivity index (χ4v) is 1.48. The van der Waals surface area contributed by atoms with E-state index in [-0.39, 0.29) is 5.91 Å². The van der Waals surface area contributed by atoms with Crippen molar-refractivity contribution in [1.29, 1.82) is 0 Å². The van der Waals surface area contributed by atoms with Crippen molar-refractivity contribution in [3.05, 3.63) is 29.6 Å². The fourth-order valence-electron chi connectivity index (χ4n) is 1.48. The number of aromatic nitrogens is 1. The van der Waals surface area contributed by atoms with Crippen LogP contribution in [0.15, 0.2) is 18.3 Å². The van der Waals surface area contributed by atoms with Crippen molar-refractivity contribution < 1.29 is 4.79 Å². The summed E-state index contributed by atoms with van der Waals surface area (Å²) < 4.78 is 0. The van der Waals surface area contributed by atoms with E-state index in [2.05, 4.69) is 11.9 Å². The molecule has 0 aromatic carbocycles. The van der Waals surface area contributed by atoms with Gasteiger partial charge in [0.05, 0.1) is 12.2 Å². The minimum Gasteiger partial charge on any atom is -0.337 e. The van der Waals surface area contributed by atoms with Gasteiger partial charge in [0.1, 0.15) is 0 Å². The van der Waals surface area contributed by atoms with Crippen molar-refractivity contribution in [2.45, 2.75) is 33.7 Å². The third-order valence-electron chi connectivity index (χ3n) is 2.40. The minimum absolute atomic E-state index is 0.113. The third-order valence-corrected chi connectivity index (χ3v) is 2.40. The maximum Gasteiger partial charge on any atom is 0.219 e. The minimum atomic E-state index is 0.113. The number of aryl methyl sites for hydroxylation is 1. The molecule has 1 aromatic rings. The number of rotatable bonds is 4. The Hall–Kier alpha value is -1.38. The molecule has 0 atom stereocenters. The molecule has 1 amide bonds. The molecule has 0 aliphatic rings. The van der Waals surface area contributed by atoms with E-state index in [9.17, 15) is 4.79 Å². The second-order valence-corrected chi connectivity index (χ2v) is 3.71. The predicted octanol–water partition coefficient (Wildman–Crippen LogP) is 2.15. The lowest BCUT2D eigenvalue weighted by molar-refractivity contribution is -0.129. The molecule has 0 saturated carbocycles. The first-order valence-electron chi connectivity index (χ1n) is 5.31. The molecular weight excluding hydrogens is 188 g/mol. The van der Waals surface area contributed by atoms with Crippen LogP contribution in [0.2, 0.25) is 0 Å². The van der Waals surface area contributed by atoms with Crippen LogP contribution < -0.4 is 0 Å². The van der Waals surface area contributed by atoms with Crippen LogP contribution in [0.5, 0.6) is 0 Å². The lowest BCUT2D eigenvalue weighted by Crippen LogP contribution is -2.29. The van der Waals surface area contributed by atoms with E-state index in [4.69, 9.17) is 0 Å². The topological polar surface area (TPSA) is 33.2 Å². The molecule has 1 aromatic heterocycles. The van der Waals surface area contributed by atoms with Crippen molar-refractivity contribution in [3.8, 4) is 0 Å². The highest BCUT2D eigenvalue weighted by atomic mass is 16.2.